The van der Waals surface area contributed by atoms with Crippen molar-refractivity contribution < 1.29 is 9.18 Å². The van der Waals surface area contributed by atoms with Crippen molar-refractivity contribution in [1.82, 2.24) is 0 Å². The van der Waals surface area contributed by atoms with E-state index in [1.54, 1.807) is 11.8 Å². The molecule has 1 fully saturated rings. The third kappa shape index (κ3) is 3.46. The van der Waals surface area contributed by atoms with Crippen LogP contribution in [0.3, 0.4) is 0 Å². The van der Waals surface area contributed by atoms with E-state index in [1.165, 1.54) is 43.9 Å². The van der Waals surface area contributed by atoms with Gasteiger partial charge in [0.2, 0.25) is 0 Å². The molecule has 0 bridgehead atoms. The predicted octanol–water partition coefficient (Wildman–Crippen LogP) is 4.34. The number of benzene rings is 1. The summed E-state index contributed by atoms with van der Waals surface area (Å²) in [6.07, 6.45) is 4.89. The number of halogens is 2. The van der Waals surface area contributed by atoms with Crippen LogP contribution in [0.15, 0.2) is 18.2 Å². The van der Waals surface area contributed by atoms with Gasteiger partial charge in [-0.2, -0.15) is 11.8 Å². The highest BCUT2D eigenvalue weighted by Crippen LogP contribution is 2.30. The number of Topliss-reactive ketones (excluding diaryl/α,β-unsaturated/α-hetero) is 1. The van der Waals surface area contributed by atoms with E-state index in [0.717, 1.165) is 0 Å². The van der Waals surface area contributed by atoms with Gasteiger partial charge < -0.3 is 0 Å². The number of thioether (sulfide) groups is 1. The van der Waals surface area contributed by atoms with E-state index in [0.29, 0.717) is 21.6 Å². The van der Waals surface area contributed by atoms with Crippen LogP contribution in [-0.2, 0) is 0 Å². The van der Waals surface area contributed by atoms with Crippen molar-refractivity contribution in [2.45, 2.75) is 30.9 Å². The Bertz CT molecular complexity index is 416. The topological polar surface area (TPSA) is 17.1 Å². The maximum Gasteiger partial charge on any atom is 0.174 e. The van der Waals surface area contributed by atoms with Gasteiger partial charge in [0.15, 0.2) is 5.78 Å². The van der Waals surface area contributed by atoms with E-state index in [4.69, 9.17) is 11.6 Å². The first-order chi connectivity index (χ1) is 8.16. The highest BCUT2D eigenvalue weighted by Gasteiger charge is 2.18. The number of carbonyl (C=O) groups is 1. The second kappa shape index (κ2) is 5.87. The summed E-state index contributed by atoms with van der Waals surface area (Å²) >= 11 is 7.56. The summed E-state index contributed by atoms with van der Waals surface area (Å²) < 4.78 is 13.0. The average molecular weight is 273 g/mol. The van der Waals surface area contributed by atoms with E-state index in [9.17, 15) is 9.18 Å². The summed E-state index contributed by atoms with van der Waals surface area (Å²) in [6, 6.07) is 3.92. The lowest BCUT2D eigenvalue weighted by atomic mass is 10.1. The molecule has 0 aliphatic heterocycles. The molecule has 1 aliphatic rings. The molecular weight excluding hydrogens is 259 g/mol. The maximum absolute atomic E-state index is 13.0. The van der Waals surface area contributed by atoms with Crippen LogP contribution in [0, 0.1) is 5.82 Å². The SMILES string of the molecule is O=C(CSC1CCCC1)c1cc(F)ccc1Cl. The van der Waals surface area contributed by atoms with Gasteiger partial charge in [-0.25, -0.2) is 4.39 Å². The highest BCUT2D eigenvalue weighted by atomic mass is 35.5. The van der Waals surface area contributed by atoms with Crippen molar-refractivity contribution >= 4 is 29.1 Å². The fraction of sp³-hybridized carbons (Fsp3) is 0.462. The predicted molar refractivity (Wildman–Crippen MR) is 70.5 cm³/mol. The normalized spacial score (nSPS) is 16.4. The number of rotatable bonds is 4. The number of carbonyl (C=O) groups excluding carboxylic acids is 1. The van der Waals surface area contributed by atoms with Crippen LogP contribution < -0.4 is 0 Å². The molecule has 1 aliphatic carbocycles. The Kier molecular flexibility index (Phi) is 4.46. The fourth-order valence-corrected chi connectivity index (χ4v) is 3.47. The lowest BCUT2D eigenvalue weighted by Gasteiger charge is -2.08. The summed E-state index contributed by atoms with van der Waals surface area (Å²) in [5, 5.41) is 0.926. The number of ketones is 1. The van der Waals surface area contributed by atoms with Gasteiger partial charge in [0.1, 0.15) is 5.82 Å². The molecule has 4 heteroatoms. The van der Waals surface area contributed by atoms with Crippen molar-refractivity contribution in [2.75, 3.05) is 5.75 Å². The zero-order valence-electron chi connectivity index (χ0n) is 9.42. The first-order valence-electron chi connectivity index (χ1n) is 5.76. The van der Waals surface area contributed by atoms with Crippen LogP contribution in [0.1, 0.15) is 36.0 Å². The lowest BCUT2D eigenvalue weighted by Crippen LogP contribution is -2.07. The first kappa shape index (κ1) is 12.9. The molecule has 17 heavy (non-hydrogen) atoms. The van der Waals surface area contributed by atoms with Gasteiger partial charge in [-0.05, 0) is 31.0 Å². The molecule has 0 unspecified atom stereocenters. The van der Waals surface area contributed by atoms with Crippen LogP contribution in [-0.4, -0.2) is 16.8 Å². The third-order valence-corrected chi connectivity index (χ3v) is 4.68. The Morgan fingerprint density at radius 1 is 1.41 bits per heavy atom. The highest BCUT2D eigenvalue weighted by molar-refractivity contribution is 8.00. The fourth-order valence-electron chi connectivity index (χ4n) is 2.04. The minimum atomic E-state index is -0.413. The number of hydrogen-bond donors (Lipinski definition) is 0. The van der Waals surface area contributed by atoms with E-state index in [2.05, 4.69) is 0 Å². The van der Waals surface area contributed by atoms with Crippen LogP contribution in [0.5, 0.6) is 0 Å². The monoisotopic (exact) mass is 272 g/mol. The molecule has 1 aromatic rings. The molecule has 0 saturated heterocycles. The molecule has 0 aromatic heterocycles. The van der Waals surface area contributed by atoms with Gasteiger partial charge >= 0.3 is 0 Å². The zero-order chi connectivity index (χ0) is 12.3. The minimum absolute atomic E-state index is 0.0774. The van der Waals surface area contributed by atoms with Crippen molar-refractivity contribution in [3.8, 4) is 0 Å². The average Bonchev–Trinajstić information content (AvgIpc) is 2.82. The molecule has 0 radical (unpaired) electrons. The Morgan fingerprint density at radius 3 is 2.82 bits per heavy atom. The summed E-state index contributed by atoms with van der Waals surface area (Å²) in [6.45, 7) is 0. The Balaban J connectivity index is 1.96. The van der Waals surface area contributed by atoms with Gasteiger partial charge in [0.25, 0.3) is 0 Å². The van der Waals surface area contributed by atoms with Gasteiger partial charge in [0, 0.05) is 10.8 Å². The van der Waals surface area contributed by atoms with E-state index >= 15 is 0 Å². The second-order valence-electron chi connectivity index (χ2n) is 4.26. The lowest BCUT2D eigenvalue weighted by molar-refractivity contribution is 0.102. The van der Waals surface area contributed by atoms with Crippen molar-refractivity contribution in [3.05, 3.63) is 34.6 Å². The standard InChI is InChI=1S/C13H14ClFOS/c14-12-6-5-9(15)7-11(12)13(16)8-17-10-3-1-2-4-10/h5-7,10H,1-4,8H2. The Labute approximate surface area is 110 Å². The molecular formula is C13H14ClFOS. The molecule has 2 rings (SSSR count). The summed E-state index contributed by atoms with van der Waals surface area (Å²) in [4.78, 5) is 11.9. The maximum atomic E-state index is 13.0. The van der Waals surface area contributed by atoms with Crippen LogP contribution in [0.2, 0.25) is 5.02 Å². The van der Waals surface area contributed by atoms with Crippen molar-refractivity contribution in [3.63, 3.8) is 0 Å². The second-order valence-corrected chi connectivity index (χ2v) is 5.96. The molecule has 1 aromatic carbocycles. The molecule has 0 amide bonds. The molecule has 0 heterocycles. The quantitative estimate of drug-likeness (QED) is 0.759. The summed E-state index contributed by atoms with van der Waals surface area (Å²) in [5.41, 5.74) is 0.303. The molecule has 1 saturated carbocycles. The van der Waals surface area contributed by atoms with Gasteiger partial charge in [0.05, 0.1) is 10.8 Å². The van der Waals surface area contributed by atoms with E-state index in [-0.39, 0.29) is 5.78 Å². The van der Waals surface area contributed by atoms with Crippen molar-refractivity contribution in [2.24, 2.45) is 0 Å². The van der Waals surface area contributed by atoms with Crippen LogP contribution >= 0.6 is 23.4 Å². The molecule has 1 nitrogen and oxygen atoms in total. The summed E-state index contributed by atoms with van der Waals surface area (Å²) in [5.74, 6) is -0.0941. The van der Waals surface area contributed by atoms with Gasteiger partial charge in [-0.3, -0.25) is 4.79 Å². The zero-order valence-corrected chi connectivity index (χ0v) is 11.0. The summed E-state index contributed by atoms with van der Waals surface area (Å²) in [7, 11) is 0. The smallest absolute Gasteiger partial charge is 0.174 e. The van der Waals surface area contributed by atoms with E-state index < -0.39 is 5.82 Å². The molecule has 0 spiro atoms. The van der Waals surface area contributed by atoms with Crippen LogP contribution in [0.4, 0.5) is 4.39 Å². The van der Waals surface area contributed by atoms with Gasteiger partial charge in [-0.1, -0.05) is 24.4 Å². The third-order valence-electron chi connectivity index (χ3n) is 2.98. The van der Waals surface area contributed by atoms with Crippen LogP contribution in [0.25, 0.3) is 0 Å². The van der Waals surface area contributed by atoms with Crippen molar-refractivity contribution in [1.29, 1.82) is 0 Å². The minimum Gasteiger partial charge on any atom is -0.293 e. The van der Waals surface area contributed by atoms with E-state index in [1.807, 2.05) is 0 Å². The number of hydrogen-bond acceptors (Lipinski definition) is 2. The Morgan fingerprint density at radius 2 is 2.12 bits per heavy atom. The Hall–Kier alpha value is -0.540. The van der Waals surface area contributed by atoms with Gasteiger partial charge in [-0.15, -0.1) is 0 Å². The molecule has 0 N–H and O–H groups in total. The molecule has 92 valence electrons. The molecule has 0 atom stereocenters. The first-order valence-corrected chi connectivity index (χ1v) is 7.19. The largest absolute Gasteiger partial charge is 0.293 e.